The summed E-state index contributed by atoms with van der Waals surface area (Å²) in [5.41, 5.74) is 0.972. The third kappa shape index (κ3) is 2.77. The Morgan fingerprint density at radius 3 is 2.83 bits per heavy atom. The number of methoxy groups -OCH3 is 1. The van der Waals surface area contributed by atoms with Gasteiger partial charge in [-0.25, -0.2) is 9.48 Å². The van der Waals surface area contributed by atoms with Crippen LogP contribution in [0.15, 0.2) is 35.1 Å². The largest absolute Gasteiger partial charge is 0.467 e. The Bertz CT molecular complexity index is 799. The molecule has 0 spiro atoms. The van der Waals surface area contributed by atoms with Crippen molar-refractivity contribution in [2.75, 3.05) is 13.9 Å². The van der Waals surface area contributed by atoms with Crippen molar-refractivity contribution in [3.05, 3.63) is 40.7 Å². The van der Waals surface area contributed by atoms with Crippen molar-refractivity contribution in [2.24, 2.45) is 0 Å². The summed E-state index contributed by atoms with van der Waals surface area (Å²) >= 11 is 0. The molecule has 120 valence electrons. The highest BCUT2D eigenvalue weighted by molar-refractivity contribution is 5.74. The Morgan fingerprint density at radius 1 is 1.30 bits per heavy atom. The van der Waals surface area contributed by atoms with Crippen LogP contribution < -0.4 is 15.0 Å². The molecule has 3 rings (SSSR count). The highest BCUT2D eigenvalue weighted by Crippen LogP contribution is 2.35. The van der Waals surface area contributed by atoms with E-state index in [1.165, 1.54) is 13.2 Å². The summed E-state index contributed by atoms with van der Waals surface area (Å²) in [7, 11) is 1.29. The van der Waals surface area contributed by atoms with E-state index < -0.39 is 12.0 Å². The fraction of sp³-hybridized carbons (Fsp3) is 0.312. The number of ether oxygens (including phenoxy) is 3. The van der Waals surface area contributed by atoms with Crippen molar-refractivity contribution in [3.63, 3.8) is 0 Å². The van der Waals surface area contributed by atoms with Crippen molar-refractivity contribution in [3.8, 4) is 22.8 Å². The van der Waals surface area contributed by atoms with Gasteiger partial charge in [-0.15, -0.1) is 0 Å². The molecule has 1 aromatic carbocycles. The normalized spacial score (nSPS) is 13.7. The molecule has 1 atom stereocenters. The van der Waals surface area contributed by atoms with Gasteiger partial charge >= 0.3 is 5.97 Å². The van der Waals surface area contributed by atoms with Crippen molar-refractivity contribution < 1.29 is 19.0 Å². The zero-order chi connectivity index (χ0) is 16.4. The van der Waals surface area contributed by atoms with E-state index in [0.717, 1.165) is 10.2 Å². The summed E-state index contributed by atoms with van der Waals surface area (Å²) in [6.07, 6.45) is 0.407. The predicted octanol–water partition coefficient (Wildman–Crippen LogP) is 1.76. The SMILES string of the molecule is CC[C@H](C(=O)OC)n1nc(-c2ccc3c(c2)OCO3)ccc1=O. The first kappa shape index (κ1) is 15.1. The van der Waals surface area contributed by atoms with Crippen LogP contribution in [0.1, 0.15) is 19.4 Å². The monoisotopic (exact) mass is 316 g/mol. The molecule has 0 amide bonds. The van der Waals surface area contributed by atoms with E-state index in [2.05, 4.69) is 5.10 Å². The van der Waals surface area contributed by atoms with E-state index >= 15 is 0 Å². The van der Waals surface area contributed by atoms with Gasteiger partial charge in [0.1, 0.15) is 0 Å². The van der Waals surface area contributed by atoms with Crippen molar-refractivity contribution in [1.82, 2.24) is 9.78 Å². The van der Waals surface area contributed by atoms with Crippen LogP contribution in [0.4, 0.5) is 0 Å². The second-order valence-electron chi connectivity index (χ2n) is 5.02. The molecular formula is C16H16N2O5. The zero-order valence-electron chi connectivity index (χ0n) is 12.8. The molecule has 23 heavy (non-hydrogen) atoms. The molecule has 1 aliphatic heterocycles. The Hall–Kier alpha value is -2.83. The summed E-state index contributed by atoms with van der Waals surface area (Å²) < 4.78 is 16.5. The van der Waals surface area contributed by atoms with Crippen molar-refractivity contribution in [1.29, 1.82) is 0 Å². The summed E-state index contributed by atoms with van der Waals surface area (Å²) in [5, 5.41) is 4.32. The number of carbonyl (C=O) groups is 1. The zero-order valence-corrected chi connectivity index (χ0v) is 12.8. The minimum atomic E-state index is -0.749. The van der Waals surface area contributed by atoms with Crippen LogP contribution in [-0.4, -0.2) is 29.7 Å². The molecule has 7 nitrogen and oxygen atoms in total. The van der Waals surface area contributed by atoms with Crippen molar-refractivity contribution >= 4 is 5.97 Å². The first-order chi connectivity index (χ1) is 11.1. The maximum atomic E-state index is 12.1. The summed E-state index contributed by atoms with van der Waals surface area (Å²) in [6.45, 7) is 1.98. The first-order valence-electron chi connectivity index (χ1n) is 7.21. The van der Waals surface area contributed by atoms with Gasteiger partial charge in [0.2, 0.25) is 6.79 Å². The number of fused-ring (bicyclic) bond motifs is 1. The topological polar surface area (TPSA) is 79.7 Å². The average molecular weight is 316 g/mol. The molecule has 0 bridgehead atoms. The Balaban J connectivity index is 2.03. The number of rotatable bonds is 4. The van der Waals surface area contributed by atoms with Crippen LogP contribution in [0, 0.1) is 0 Å². The molecule has 1 aromatic heterocycles. The van der Waals surface area contributed by atoms with E-state index in [1.807, 2.05) is 6.07 Å². The van der Waals surface area contributed by atoms with E-state index in [1.54, 1.807) is 25.1 Å². The standard InChI is InChI=1S/C16H16N2O5/c1-3-12(16(20)21-2)18-15(19)7-5-11(17-18)10-4-6-13-14(8-10)23-9-22-13/h4-8,12H,3,9H2,1-2H3/t12-/m1/s1. The lowest BCUT2D eigenvalue weighted by molar-refractivity contribution is -0.145. The number of hydrogen-bond acceptors (Lipinski definition) is 6. The number of esters is 1. The molecule has 0 fully saturated rings. The van der Waals surface area contributed by atoms with Crippen molar-refractivity contribution in [2.45, 2.75) is 19.4 Å². The van der Waals surface area contributed by atoms with Gasteiger partial charge < -0.3 is 14.2 Å². The highest BCUT2D eigenvalue weighted by atomic mass is 16.7. The van der Waals surface area contributed by atoms with E-state index in [0.29, 0.717) is 23.6 Å². The number of aromatic nitrogens is 2. The summed E-state index contributed by atoms with van der Waals surface area (Å²) in [6, 6.07) is 7.65. The lowest BCUT2D eigenvalue weighted by Gasteiger charge is -2.15. The quantitative estimate of drug-likeness (QED) is 0.800. The van der Waals surface area contributed by atoms with E-state index in [9.17, 15) is 9.59 Å². The molecule has 0 N–H and O–H groups in total. The third-order valence-electron chi connectivity index (χ3n) is 3.65. The Kier molecular flexibility index (Phi) is 4.01. The molecule has 0 saturated heterocycles. The van der Waals surface area contributed by atoms with Gasteiger partial charge in [0, 0.05) is 11.6 Å². The molecule has 1 aliphatic rings. The molecule has 0 aliphatic carbocycles. The Morgan fingerprint density at radius 2 is 2.09 bits per heavy atom. The van der Waals surface area contributed by atoms with E-state index in [4.69, 9.17) is 14.2 Å². The minimum absolute atomic E-state index is 0.186. The minimum Gasteiger partial charge on any atom is -0.467 e. The lowest BCUT2D eigenvalue weighted by Crippen LogP contribution is -2.32. The van der Waals surface area contributed by atoms with Crippen LogP contribution in [0.5, 0.6) is 11.5 Å². The predicted molar refractivity (Wildman–Crippen MR) is 81.4 cm³/mol. The number of benzene rings is 1. The first-order valence-corrected chi connectivity index (χ1v) is 7.21. The van der Waals surface area contributed by atoms with Gasteiger partial charge in [0.15, 0.2) is 17.5 Å². The fourth-order valence-corrected chi connectivity index (χ4v) is 2.43. The van der Waals surface area contributed by atoms with Gasteiger partial charge in [0.05, 0.1) is 12.8 Å². The average Bonchev–Trinajstić information content (AvgIpc) is 3.04. The second-order valence-corrected chi connectivity index (χ2v) is 5.02. The summed E-state index contributed by atoms with van der Waals surface area (Å²) in [4.78, 5) is 23.9. The molecule has 2 aromatic rings. The maximum absolute atomic E-state index is 12.1. The fourth-order valence-electron chi connectivity index (χ4n) is 2.43. The van der Waals surface area contributed by atoms with Gasteiger partial charge in [-0.1, -0.05) is 6.92 Å². The van der Waals surface area contributed by atoms with Gasteiger partial charge in [0.25, 0.3) is 5.56 Å². The highest BCUT2D eigenvalue weighted by Gasteiger charge is 2.22. The third-order valence-corrected chi connectivity index (χ3v) is 3.65. The molecule has 2 heterocycles. The number of nitrogens with zero attached hydrogens (tertiary/aromatic N) is 2. The Labute approximate surface area is 132 Å². The van der Waals surface area contributed by atoms with Gasteiger partial charge in [-0.3, -0.25) is 4.79 Å². The summed E-state index contributed by atoms with van der Waals surface area (Å²) in [5.74, 6) is 0.801. The maximum Gasteiger partial charge on any atom is 0.330 e. The molecule has 0 saturated carbocycles. The number of hydrogen-bond donors (Lipinski definition) is 0. The van der Waals surface area contributed by atoms with Crippen LogP contribution in [0.3, 0.4) is 0 Å². The van der Waals surface area contributed by atoms with Crippen LogP contribution in [0.25, 0.3) is 11.3 Å². The molecule has 7 heteroatoms. The van der Waals surface area contributed by atoms with Crippen LogP contribution in [-0.2, 0) is 9.53 Å². The molecule has 0 unspecified atom stereocenters. The van der Waals surface area contributed by atoms with Crippen LogP contribution >= 0.6 is 0 Å². The smallest absolute Gasteiger partial charge is 0.330 e. The van der Waals surface area contributed by atoms with Gasteiger partial charge in [-0.05, 0) is 30.7 Å². The number of carbonyl (C=O) groups excluding carboxylic acids is 1. The lowest BCUT2D eigenvalue weighted by atomic mass is 10.1. The van der Waals surface area contributed by atoms with Gasteiger partial charge in [-0.2, -0.15) is 5.10 Å². The van der Waals surface area contributed by atoms with E-state index in [-0.39, 0.29) is 12.4 Å². The second kappa shape index (κ2) is 6.12. The molecule has 0 radical (unpaired) electrons. The molecular weight excluding hydrogens is 300 g/mol. The van der Waals surface area contributed by atoms with Crippen LogP contribution in [0.2, 0.25) is 0 Å².